The van der Waals surface area contributed by atoms with Crippen LogP contribution in [-0.4, -0.2) is 36.2 Å². The highest BCUT2D eigenvalue weighted by Crippen LogP contribution is 2.22. The fraction of sp³-hybridized carbons (Fsp3) is 0.333. The van der Waals surface area contributed by atoms with Crippen molar-refractivity contribution < 1.29 is 14.6 Å². The summed E-state index contributed by atoms with van der Waals surface area (Å²) < 4.78 is 5.13. The highest BCUT2D eigenvalue weighted by atomic mass is 16.5. The van der Waals surface area contributed by atoms with Crippen LogP contribution in [-0.2, 0) is 6.42 Å². The molecule has 0 bridgehead atoms. The molecule has 1 aliphatic heterocycles. The van der Waals surface area contributed by atoms with Gasteiger partial charge < -0.3 is 25.5 Å². The highest BCUT2D eigenvalue weighted by molar-refractivity contribution is 5.96. The van der Waals surface area contributed by atoms with Gasteiger partial charge in [0.05, 0.1) is 18.8 Å². The van der Waals surface area contributed by atoms with Crippen molar-refractivity contribution in [3.63, 3.8) is 0 Å². The number of aromatic nitrogens is 1. The molecule has 1 aromatic carbocycles. The van der Waals surface area contributed by atoms with Gasteiger partial charge in [-0.2, -0.15) is 0 Å². The first-order chi connectivity index (χ1) is 12.1. The largest absolute Gasteiger partial charge is 0.497 e. The lowest BCUT2D eigenvalue weighted by Gasteiger charge is -2.20. The molecule has 0 saturated carbocycles. The summed E-state index contributed by atoms with van der Waals surface area (Å²) in [4.78, 5) is 27.0. The van der Waals surface area contributed by atoms with Gasteiger partial charge in [-0.25, -0.2) is 0 Å². The number of carbonyl (C=O) groups excluding carboxylic acids is 1. The Morgan fingerprint density at radius 1 is 1.40 bits per heavy atom. The molecule has 132 valence electrons. The average molecular weight is 343 g/mol. The number of pyridine rings is 1. The molecule has 2 heterocycles. The smallest absolute Gasteiger partial charge is 0.252 e. The van der Waals surface area contributed by atoms with E-state index in [0.717, 1.165) is 24.9 Å². The number of aliphatic hydroxyl groups is 1. The Morgan fingerprint density at radius 2 is 2.24 bits per heavy atom. The lowest BCUT2D eigenvalue weighted by atomic mass is 10.0. The summed E-state index contributed by atoms with van der Waals surface area (Å²) in [6.07, 6.45) is 0.751. The fourth-order valence-corrected chi connectivity index (χ4v) is 2.93. The number of H-pyrrole nitrogens is 1. The monoisotopic (exact) mass is 343 g/mol. The van der Waals surface area contributed by atoms with Crippen LogP contribution in [0.15, 0.2) is 35.1 Å². The molecule has 4 N–H and O–H groups in total. The van der Waals surface area contributed by atoms with Gasteiger partial charge in [0, 0.05) is 24.7 Å². The number of fused-ring (bicyclic) bond motifs is 1. The number of benzene rings is 1. The number of nitrogens with one attached hydrogen (secondary N) is 3. The van der Waals surface area contributed by atoms with Crippen LogP contribution in [0, 0.1) is 0 Å². The molecule has 1 unspecified atom stereocenters. The Balaban J connectivity index is 1.72. The lowest BCUT2D eigenvalue weighted by Crippen LogP contribution is -2.31. The van der Waals surface area contributed by atoms with E-state index in [-0.39, 0.29) is 18.0 Å². The molecule has 7 nitrogen and oxygen atoms in total. The minimum atomic E-state index is -0.866. The molecule has 1 amide bonds. The predicted octanol–water partition coefficient (Wildman–Crippen LogP) is 1.20. The second-order valence-corrected chi connectivity index (χ2v) is 5.93. The van der Waals surface area contributed by atoms with Gasteiger partial charge in [0.2, 0.25) is 5.56 Å². The second kappa shape index (κ2) is 7.40. The third-order valence-electron chi connectivity index (χ3n) is 4.24. The number of amides is 1. The zero-order valence-electron chi connectivity index (χ0n) is 14.0. The van der Waals surface area contributed by atoms with Crippen molar-refractivity contribution in [3.05, 3.63) is 57.4 Å². The van der Waals surface area contributed by atoms with Crippen LogP contribution in [0.5, 0.6) is 5.75 Å². The first kappa shape index (κ1) is 17.0. The standard InChI is InChI=1S/C18H21N3O4/c1-25-12-5-2-4-11(8-12)15(22)10-20-18(24)14-9-16(23)21-17-13(14)6-3-7-19-17/h2,4-5,8-9,15,22H,3,6-7,10H2,1H3,(H,20,24)(H2,19,21,23). The summed E-state index contributed by atoms with van der Waals surface area (Å²) in [6.45, 7) is 0.809. The van der Waals surface area contributed by atoms with E-state index in [4.69, 9.17) is 4.74 Å². The van der Waals surface area contributed by atoms with Gasteiger partial charge in [-0.05, 0) is 30.5 Å². The molecule has 1 aliphatic rings. The number of ether oxygens (including phenoxy) is 1. The summed E-state index contributed by atoms with van der Waals surface area (Å²) in [6, 6.07) is 8.34. The van der Waals surface area contributed by atoms with Gasteiger partial charge in [0.15, 0.2) is 0 Å². The molecule has 25 heavy (non-hydrogen) atoms. The quantitative estimate of drug-likeness (QED) is 0.653. The van der Waals surface area contributed by atoms with E-state index in [1.54, 1.807) is 31.4 Å². The zero-order valence-corrected chi connectivity index (χ0v) is 14.0. The van der Waals surface area contributed by atoms with Gasteiger partial charge in [-0.15, -0.1) is 0 Å². The van der Waals surface area contributed by atoms with Crippen molar-refractivity contribution in [3.8, 4) is 5.75 Å². The topological polar surface area (TPSA) is 103 Å². The summed E-state index contributed by atoms with van der Waals surface area (Å²) >= 11 is 0. The van der Waals surface area contributed by atoms with Crippen LogP contribution in [0.25, 0.3) is 0 Å². The number of methoxy groups -OCH3 is 1. The van der Waals surface area contributed by atoms with Gasteiger partial charge in [0.1, 0.15) is 11.6 Å². The predicted molar refractivity (Wildman–Crippen MR) is 94.2 cm³/mol. The van der Waals surface area contributed by atoms with Crippen molar-refractivity contribution in [1.82, 2.24) is 10.3 Å². The van der Waals surface area contributed by atoms with E-state index in [9.17, 15) is 14.7 Å². The SMILES string of the molecule is COc1cccc(C(O)CNC(=O)c2cc(=O)[nH]c3c2CCCN3)c1. The molecule has 0 saturated heterocycles. The van der Waals surface area contributed by atoms with Crippen LogP contribution in [0.1, 0.15) is 34.0 Å². The number of hydrogen-bond donors (Lipinski definition) is 4. The Hall–Kier alpha value is -2.80. The van der Waals surface area contributed by atoms with E-state index in [0.29, 0.717) is 22.7 Å². The minimum absolute atomic E-state index is 0.0427. The average Bonchev–Trinajstić information content (AvgIpc) is 2.65. The summed E-state index contributed by atoms with van der Waals surface area (Å²) in [7, 11) is 1.55. The molecular weight excluding hydrogens is 322 g/mol. The van der Waals surface area contributed by atoms with Gasteiger partial charge >= 0.3 is 0 Å². The summed E-state index contributed by atoms with van der Waals surface area (Å²) in [5.74, 6) is 0.878. The number of rotatable bonds is 5. The number of carbonyl (C=O) groups is 1. The summed E-state index contributed by atoms with van der Waals surface area (Å²) in [5.41, 5.74) is 1.48. The van der Waals surface area contributed by atoms with Crippen molar-refractivity contribution in [2.45, 2.75) is 18.9 Å². The van der Waals surface area contributed by atoms with E-state index in [1.165, 1.54) is 6.07 Å². The molecular formula is C18H21N3O4. The molecule has 0 aliphatic carbocycles. The molecule has 1 aromatic heterocycles. The third-order valence-corrected chi connectivity index (χ3v) is 4.24. The second-order valence-electron chi connectivity index (χ2n) is 5.93. The van der Waals surface area contributed by atoms with E-state index >= 15 is 0 Å². The molecule has 3 rings (SSSR count). The molecule has 7 heteroatoms. The van der Waals surface area contributed by atoms with Crippen molar-refractivity contribution in [2.75, 3.05) is 25.5 Å². The first-order valence-corrected chi connectivity index (χ1v) is 8.19. The van der Waals surface area contributed by atoms with E-state index in [2.05, 4.69) is 15.6 Å². The number of hydrogen-bond acceptors (Lipinski definition) is 5. The molecule has 1 atom stereocenters. The normalized spacial score (nSPS) is 14.2. The van der Waals surface area contributed by atoms with Gasteiger partial charge in [0.25, 0.3) is 5.91 Å². The fourth-order valence-electron chi connectivity index (χ4n) is 2.93. The Bertz CT molecular complexity index is 831. The molecule has 2 aromatic rings. The zero-order chi connectivity index (χ0) is 17.8. The van der Waals surface area contributed by atoms with E-state index in [1.807, 2.05) is 0 Å². The Morgan fingerprint density at radius 3 is 3.04 bits per heavy atom. The lowest BCUT2D eigenvalue weighted by molar-refractivity contribution is 0.0915. The van der Waals surface area contributed by atoms with E-state index < -0.39 is 6.10 Å². The number of aliphatic hydroxyl groups excluding tert-OH is 1. The van der Waals surface area contributed by atoms with Crippen molar-refractivity contribution >= 4 is 11.7 Å². The third kappa shape index (κ3) is 3.83. The number of aromatic amines is 1. The van der Waals surface area contributed by atoms with Gasteiger partial charge in [-0.1, -0.05) is 12.1 Å². The Kier molecular flexibility index (Phi) is 5.04. The van der Waals surface area contributed by atoms with Crippen LogP contribution >= 0.6 is 0 Å². The van der Waals surface area contributed by atoms with Crippen molar-refractivity contribution in [1.29, 1.82) is 0 Å². The maximum absolute atomic E-state index is 12.5. The minimum Gasteiger partial charge on any atom is -0.497 e. The summed E-state index contributed by atoms with van der Waals surface area (Å²) in [5, 5.41) is 16.1. The highest BCUT2D eigenvalue weighted by Gasteiger charge is 2.20. The first-order valence-electron chi connectivity index (χ1n) is 8.19. The van der Waals surface area contributed by atoms with Gasteiger partial charge in [-0.3, -0.25) is 9.59 Å². The maximum Gasteiger partial charge on any atom is 0.252 e. The molecule has 0 fully saturated rings. The van der Waals surface area contributed by atoms with Crippen LogP contribution in [0.3, 0.4) is 0 Å². The van der Waals surface area contributed by atoms with Crippen LogP contribution in [0.2, 0.25) is 0 Å². The molecule has 0 radical (unpaired) electrons. The maximum atomic E-state index is 12.5. The Labute approximate surface area is 145 Å². The van der Waals surface area contributed by atoms with Crippen molar-refractivity contribution in [2.24, 2.45) is 0 Å². The number of anilines is 1. The van der Waals surface area contributed by atoms with Crippen LogP contribution < -0.4 is 20.9 Å². The van der Waals surface area contributed by atoms with Crippen LogP contribution in [0.4, 0.5) is 5.82 Å². The molecule has 0 spiro atoms.